The molecule has 4 aliphatic carbocycles. The van der Waals surface area contributed by atoms with Crippen LogP contribution in [0.1, 0.15) is 155 Å². The highest BCUT2D eigenvalue weighted by Gasteiger charge is 2.37. The van der Waals surface area contributed by atoms with E-state index in [-0.39, 0.29) is 40.7 Å². The number of benzene rings is 2. The Morgan fingerprint density at radius 3 is 1.52 bits per heavy atom. The molecule has 6 rings (SSSR count). The summed E-state index contributed by atoms with van der Waals surface area (Å²) in [6, 6.07) is 4.15. The Hall–Kier alpha value is -2.04. The first-order chi connectivity index (χ1) is 21.1. The molecule has 242 valence electrons. The molecule has 2 aromatic carbocycles. The predicted octanol–water partition coefficient (Wildman–Crippen LogP) is 8.66. The van der Waals surface area contributed by atoms with Gasteiger partial charge in [-0.2, -0.15) is 12.8 Å². The average Bonchev–Trinajstić information content (AvgIpc) is 3.03. The van der Waals surface area contributed by atoms with Crippen molar-refractivity contribution < 1.29 is 34.4 Å². The quantitative estimate of drug-likeness (QED) is 0.220. The van der Waals surface area contributed by atoms with E-state index in [2.05, 4.69) is 12.1 Å². The van der Waals surface area contributed by atoms with Gasteiger partial charge in [0.2, 0.25) is 5.82 Å². The monoisotopic (exact) mass is 649 g/mol. The number of hydrogen-bond acceptors (Lipinski definition) is 6. The zero-order chi connectivity index (χ0) is 31.1. The molecule has 44 heavy (non-hydrogen) atoms. The molecule has 0 heterocycles. The smallest absolute Gasteiger partial charge is 0.339 e. The summed E-state index contributed by atoms with van der Waals surface area (Å²) in [6.45, 7) is 0. The van der Waals surface area contributed by atoms with Gasteiger partial charge in [-0.15, -0.1) is 0 Å². The number of rotatable bonds is 7. The summed E-state index contributed by atoms with van der Waals surface area (Å²) in [6.07, 6.45) is 16.3. The molecule has 4 aliphatic rings. The molecule has 0 aliphatic heterocycles. The van der Waals surface area contributed by atoms with Crippen molar-refractivity contribution in [3.63, 3.8) is 0 Å². The lowest BCUT2D eigenvalue weighted by molar-refractivity contribution is 0.400. The minimum atomic E-state index is -5.34. The first-order valence-corrected chi connectivity index (χ1v) is 19.5. The maximum Gasteiger partial charge on any atom is 0.339 e. The lowest BCUT2D eigenvalue weighted by Gasteiger charge is -2.32. The van der Waals surface area contributed by atoms with Gasteiger partial charge in [0.25, 0.3) is 0 Å². The summed E-state index contributed by atoms with van der Waals surface area (Å²) in [5, 5.41) is 0. The lowest BCUT2D eigenvalue weighted by Crippen LogP contribution is -2.23. The van der Waals surface area contributed by atoms with Crippen molar-refractivity contribution in [3.05, 3.63) is 51.6 Å². The van der Waals surface area contributed by atoms with Gasteiger partial charge in [-0.1, -0.05) is 69.9 Å². The van der Waals surface area contributed by atoms with Gasteiger partial charge in [0.15, 0.2) is 11.6 Å². The zero-order valence-electron chi connectivity index (χ0n) is 25.3. The lowest BCUT2D eigenvalue weighted by atomic mass is 9.76. The molecule has 0 amide bonds. The zero-order valence-corrected chi connectivity index (χ0v) is 27.0. The van der Waals surface area contributed by atoms with Gasteiger partial charge in [0, 0.05) is 5.56 Å². The molecule has 0 spiro atoms. The molecule has 0 atom stereocenters. The van der Waals surface area contributed by atoms with Crippen molar-refractivity contribution >= 4 is 20.2 Å². The number of hydrogen-bond donors (Lipinski definition) is 0. The molecule has 0 radical (unpaired) electrons. The second-order valence-electron chi connectivity index (χ2n) is 13.5. The fourth-order valence-corrected chi connectivity index (χ4v) is 10.8. The molecule has 3 fully saturated rings. The van der Waals surface area contributed by atoms with Crippen LogP contribution >= 0.6 is 0 Å². The third-order valence-electron chi connectivity index (χ3n) is 10.6. The van der Waals surface area contributed by atoms with E-state index in [4.69, 9.17) is 4.18 Å². The Bertz CT molecular complexity index is 1560. The Kier molecular flexibility index (Phi) is 9.42. The summed E-state index contributed by atoms with van der Waals surface area (Å²) in [5.74, 6) is -3.99. The van der Waals surface area contributed by atoms with Crippen molar-refractivity contribution in [1.29, 1.82) is 0 Å². The number of fused-ring (bicyclic) bond motifs is 1. The van der Waals surface area contributed by atoms with Crippen LogP contribution in [-0.4, -0.2) is 21.4 Å². The standard InChI is InChI=1S/C34H44F2O6S2/c35-30-31(36)34(43(37,38)39)27-19-11-10-18-26(27)32(30)42-44(40,41)33-28(23-14-6-2-7-15-23)20-25(22-12-4-1-5-13-22)21-29(33)24-16-8-3-9-17-24/h20-24H,1-19H2,(H,37,38,39)/p-1. The van der Waals surface area contributed by atoms with E-state index in [9.17, 15) is 21.4 Å². The van der Waals surface area contributed by atoms with E-state index >= 15 is 8.78 Å². The van der Waals surface area contributed by atoms with Crippen LogP contribution in [0.15, 0.2) is 21.9 Å². The molecule has 10 heteroatoms. The maximum absolute atomic E-state index is 15.7. The summed E-state index contributed by atoms with van der Waals surface area (Å²) >= 11 is 0. The van der Waals surface area contributed by atoms with Crippen LogP contribution in [0.2, 0.25) is 0 Å². The molecule has 2 aromatic rings. The third kappa shape index (κ3) is 6.32. The highest BCUT2D eigenvalue weighted by molar-refractivity contribution is 7.87. The van der Waals surface area contributed by atoms with Gasteiger partial charge in [-0.05, 0) is 104 Å². The molecule has 0 aromatic heterocycles. The first-order valence-electron chi connectivity index (χ1n) is 16.7. The molecule has 6 nitrogen and oxygen atoms in total. The highest BCUT2D eigenvalue weighted by Crippen LogP contribution is 2.47. The summed E-state index contributed by atoms with van der Waals surface area (Å²) < 4.78 is 102. The minimum Gasteiger partial charge on any atom is -0.744 e. The van der Waals surface area contributed by atoms with Gasteiger partial charge >= 0.3 is 10.1 Å². The van der Waals surface area contributed by atoms with E-state index in [1.165, 1.54) is 12.0 Å². The Morgan fingerprint density at radius 2 is 1.05 bits per heavy atom. The van der Waals surface area contributed by atoms with Crippen LogP contribution < -0.4 is 4.18 Å². The van der Waals surface area contributed by atoms with Crippen LogP contribution in [-0.2, 0) is 33.1 Å². The van der Waals surface area contributed by atoms with E-state index in [1.807, 2.05) is 0 Å². The predicted molar refractivity (Wildman–Crippen MR) is 163 cm³/mol. The van der Waals surface area contributed by atoms with Gasteiger partial charge in [0.1, 0.15) is 15.0 Å². The minimum absolute atomic E-state index is 0.0199. The van der Waals surface area contributed by atoms with Gasteiger partial charge in [-0.25, -0.2) is 12.8 Å². The molecular formula is C34H43F2O6S2-. The van der Waals surface area contributed by atoms with Crippen LogP contribution in [0, 0.1) is 11.6 Å². The van der Waals surface area contributed by atoms with Crippen LogP contribution in [0.25, 0.3) is 0 Å². The normalized spacial score (nSPS) is 21.2. The topological polar surface area (TPSA) is 101 Å². The van der Waals surface area contributed by atoms with Crippen LogP contribution in [0.4, 0.5) is 8.78 Å². The van der Waals surface area contributed by atoms with Crippen molar-refractivity contribution in [3.8, 4) is 5.75 Å². The average molecular weight is 650 g/mol. The van der Waals surface area contributed by atoms with Crippen LogP contribution in [0.5, 0.6) is 5.75 Å². The summed E-state index contributed by atoms with van der Waals surface area (Å²) in [7, 11) is -10.0. The van der Waals surface area contributed by atoms with Crippen molar-refractivity contribution in [2.45, 2.75) is 150 Å². The van der Waals surface area contributed by atoms with Crippen molar-refractivity contribution in [2.24, 2.45) is 0 Å². The molecule has 0 bridgehead atoms. The van der Waals surface area contributed by atoms with E-state index in [0.717, 1.165) is 101 Å². The summed E-state index contributed by atoms with van der Waals surface area (Å²) in [4.78, 5) is -1.13. The van der Waals surface area contributed by atoms with E-state index in [0.29, 0.717) is 18.8 Å². The van der Waals surface area contributed by atoms with E-state index in [1.54, 1.807) is 0 Å². The van der Waals surface area contributed by atoms with Gasteiger partial charge in [-0.3, -0.25) is 0 Å². The summed E-state index contributed by atoms with van der Waals surface area (Å²) in [5.41, 5.74) is 2.46. The molecular weight excluding hydrogens is 606 g/mol. The Labute approximate surface area is 260 Å². The third-order valence-corrected chi connectivity index (χ3v) is 12.9. The Balaban J connectivity index is 1.54. The first kappa shape index (κ1) is 31.9. The number of halogens is 2. The largest absolute Gasteiger partial charge is 0.744 e. The van der Waals surface area contributed by atoms with Crippen molar-refractivity contribution in [2.75, 3.05) is 0 Å². The second-order valence-corrected chi connectivity index (χ2v) is 16.3. The Morgan fingerprint density at radius 1 is 0.591 bits per heavy atom. The van der Waals surface area contributed by atoms with Crippen LogP contribution in [0.3, 0.4) is 0 Å². The molecule has 0 saturated heterocycles. The molecule has 0 unspecified atom stereocenters. The SMILES string of the molecule is O=S(=O)([O-])c1c(F)c(F)c(OS(=O)(=O)c2c(C3CCCCC3)cc(C3CCCCC3)cc2C2CCCCC2)c2c1CCCC2. The van der Waals surface area contributed by atoms with Crippen molar-refractivity contribution in [1.82, 2.24) is 0 Å². The molecule has 3 saturated carbocycles. The second kappa shape index (κ2) is 13.0. The van der Waals surface area contributed by atoms with E-state index < -0.39 is 42.5 Å². The fraction of sp³-hybridized carbons (Fsp3) is 0.647. The molecule has 0 N–H and O–H groups in total. The fourth-order valence-electron chi connectivity index (χ4n) is 8.46. The van der Waals surface area contributed by atoms with Gasteiger partial charge in [0.05, 0.1) is 4.90 Å². The van der Waals surface area contributed by atoms with Gasteiger partial charge < -0.3 is 8.74 Å². The highest BCUT2D eigenvalue weighted by atomic mass is 32.2. The maximum atomic E-state index is 15.7.